The Morgan fingerprint density at radius 1 is 0.812 bits per heavy atom. The van der Waals surface area contributed by atoms with Crippen LogP contribution >= 0.6 is 0 Å². The molecule has 1 heteroatoms. The monoisotopic (exact) mass is 434 g/mol. The van der Waals surface area contributed by atoms with Crippen LogP contribution in [0.25, 0.3) is 0 Å². The first-order valence-corrected chi connectivity index (χ1v) is 13.4. The maximum absolute atomic E-state index is 6.03. The Balaban J connectivity index is 1.69. The van der Waals surface area contributed by atoms with E-state index in [4.69, 9.17) is 4.74 Å². The van der Waals surface area contributed by atoms with Crippen LogP contribution in [0.2, 0.25) is 0 Å². The highest BCUT2D eigenvalue weighted by Crippen LogP contribution is 2.44. The van der Waals surface area contributed by atoms with Crippen molar-refractivity contribution in [2.75, 3.05) is 6.61 Å². The van der Waals surface area contributed by atoms with Gasteiger partial charge in [0, 0.05) is 0 Å². The first-order chi connectivity index (χ1) is 15.6. The van der Waals surface area contributed by atoms with Gasteiger partial charge in [0.05, 0.1) is 6.61 Å². The number of unbranched alkanes of at least 4 members (excludes halogenated alkanes) is 3. The molecular formula is C31H46O. The summed E-state index contributed by atoms with van der Waals surface area (Å²) in [5.74, 6) is 1.06. The molecule has 1 aliphatic carbocycles. The van der Waals surface area contributed by atoms with E-state index in [1.54, 1.807) is 5.56 Å². The Bertz CT molecular complexity index is 828. The van der Waals surface area contributed by atoms with Crippen LogP contribution in [-0.2, 0) is 18.3 Å². The number of benzene rings is 2. The van der Waals surface area contributed by atoms with Crippen LogP contribution in [0.3, 0.4) is 0 Å². The maximum atomic E-state index is 6.03. The minimum Gasteiger partial charge on any atom is -0.493 e. The first-order valence-electron chi connectivity index (χ1n) is 13.4. The lowest BCUT2D eigenvalue weighted by molar-refractivity contribution is 0.266. The van der Waals surface area contributed by atoms with Gasteiger partial charge in [-0.05, 0) is 91.7 Å². The fraction of sp³-hybridized carbons (Fsp3) is 0.613. The molecule has 0 atom stereocenters. The number of rotatable bonds is 12. The van der Waals surface area contributed by atoms with Gasteiger partial charge in [-0.2, -0.15) is 0 Å². The van der Waals surface area contributed by atoms with Crippen molar-refractivity contribution in [3.63, 3.8) is 0 Å². The lowest BCUT2D eigenvalue weighted by atomic mass is 9.66. The molecule has 0 unspecified atom stereocenters. The summed E-state index contributed by atoms with van der Waals surface area (Å²) in [6, 6.07) is 14.0. The van der Waals surface area contributed by atoms with Gasteiger partial charge in [0.15, 0.2) is 0 Å². The lowest BCUT2D eigenvalue weighted by Crippen LogP contribution is -2.29. The smallest absolute Gasteiger partial charge is 0.122 e. The van der Waals surface area contributed by atoms with Gasteiger partial charge in [-0.25, -0.2) is 0 Å². The van der Waals surface area contributed by atoms with E-state index in [0.717, 1.165) is 31.6 Å². The van der Waals surface area contributed by atoms with Crippen LogP contribution in [0.5, 0.6) is 5.75 Å². The predicted molar refractivity (Wildman–Crippen MR) is 139 cm³/mol. The topological polar surface area (TPSA) is 9.23 Å². The minimum atomic E-state index is 0.442. The van der Waals surface area contributed by atoms with Gasteiger partial charge in [0.1, 0.15) is 5.75 Å². The molecule has 0 amide bonds. The fourth-order valence-electron chi connectivity index (χ4n) is 5.61. The molecule has 0 spiro atoms. The number of hydrogen-bond acceptors (Lipinski definition) is 1. The second-order valence-corrected chi connectivity index (χ2v) is 10.2. The molecule has 2 aromatic carbocycles. The third-order valence-corrected chi connectivity index (χ3v) is 7.84. The molecule has 1 aliphatic rings. The molecule has 0 bridgehead atoms. The Labute approximate surface area is 198 Å². The second-order valence-electron chi connectivity index (χ2n) is 10.2. The molecule has 0 heterocycles. The SMILES string of the molecule is CCCCCC1(c2ccc(CCc3cccc(OCCCC)c3C)c(C)c2)CCCCC1. The van der Waals surface area contributed by atoms with Crippen LogP contribution < -0.4 is 4.74 Å². The highest BCUT2D eigenvalue weighted by atomic mass is 16.5. The molecule has 1 nitrogen and oxygen atoms in total. The largest absolute Gasteiger partial charge is 0.493 e. The average Bonchev–Trinajstić information content (AvgIpc) is 2.81. The molecular weight excluding hydrogens is 388 g/mol. The Hall–Kier alpha value is -1.76. The minimum absolute atomic E-state index is 0.442. The zero-order valence-electron chi connectivity index (χ0n) is 21.3. The van der Waals surface area contributed by atoms with Crippen LogP contribution in [0, 0.1) is 13.8 Å². The summed E-state index contributed by atoms with van der Waals surface area (Å²) in [6.45, 7) is 9.90. The third kappa shape index (κ3) is 6.40. The molecule has 1 saturated carbocycles. The normalized spacial score (nSPS) is 15.6. The van der Waals surface area contributed by atoms with Crippen molar-refractivity contribution in [2.24, 2.45) is 0 Å². The number of hydrogen-bond donors (Lipinski definition) is 0. The highest BCUT2D eigenvalue weighted by Gasteiger charge is 2.33. The molecule has 1 fully saturated rings. The van der Waals surface area contributed by atoms with Gasteiger partial charge in [-0.15, -0.1) is 0 Å². The van der Waals surface area contributed by atoms with Crippen molar-refractivity contribution >= 4 is 0 Å². The summed E-state index contributed by atoms with van der Waals surface area (Å²) in [5, 5.41) is 0. The number of ether oxygens (including phenoxy) is 1. The van der Waals surface area contributed by atoms with E-state index in [1.165, 1.54) is 86.5 Å². The summed E-state index contributed by atoms with van der Waals surface area (Å²) < 4.78 is 6.03. The van der Waals surface area contributed by atoms with Crippen molar-refractivity contribution in [1.82, 2.24) is 0 Å². The fourth-order valence-corrected chi connectivity index (χ4v) is 5.61. The standard InChI is InChI=1S/C31H46O/c1-5-7-10-20-31(21-11-9-12-22-31)29-19-18-27(25(3)24-29)16-17-28-14-13-15-30(26(28)4)32-23-8-6-2/h13-15,18-19,24H,5-12,16-17,20-23H2,1-4H3. The van der Waals surface area contributed by atoms with Crippen molar-refractivity contribution in [1.29, 1.82) is 0 Å². The van der Waals surface area contributed by atoms with Crippen LogP contribution in [0.4, 0.5) is 0 Å². The Morgan fingerprint density at radius 3 is 2.28 bits per heavy atom. The van der Waals surface area contributed by atoms with Gasteiger partial charge in [0.25, 0.3) is 0 Å². The van der Waals surface area contributed by atoms with Gasteiger partial charge >= 0.3 is 0 Å². The molecule has 2 aromatic rings. The van der Waals surface area contributed by atoms with E-state index in [0.29, 0.717) is 5.41 Å². The summed E-state index contributed by atoms with van der Waals surface area (Å²) in [6.07, 6.45) is 16.9. The Kier molecular flexibility index (Phi) is 9.69. The molecule has 176 valence electrons. The quantitative estimate of drug-likeness (QED) is 0.303. The molecule has 0 N–H and O–H groups in total. The summed E-state index contributed by atoms with van der Waals surface area (Å²) in [7, 11) is 0. The van der Waals surface area contributed by atoms with Gasteiger partial charge in [-0.1, -0.05) is 89.1 Å². The lowest BCUT2D eigenvalue weighted by Gasteiger charge is -2.38. The predicted octanol–water partition coefficient (Wildman–Crippen LogP) is 9.05. The second kappa shape index (κ2) is 12.5. The molecule has 3 rings (SSSR count). The van der Waals surface area contributed by atoms with Crippen molar-refractivity contribution in [3.05, 3.63) is 64.2 Å². The maximum Gasteiger partial charge on any atom is 0.122 e. The number of aryl methyl sites for hydroxylation is 3. The van der Waals surface area contributed by atoms with E-state index in [9.17, 15) is 0 Å². The van der Waals surface area contributed by atoms with E-state index < -0.39 is 0 Å². The van der Waals surface area contributed by atoms with Gasteiger partial charge in [0.2, 0.25) is 0 Å². The Morgan fingerprint density at radius 2 is 1.56 bits per heavy atom. The van der Waals surface area contributed by atoms with E-state index in [-0.39, 0.29) is 0 Å². The van der Waals surface area contributed by atoms with Crippen molar-refractivity contribution in [3.8, 4) is 5.75 Å². The van der Waals surface area contributed by atoms with Gasteiger partial charge < -0.3 is 4.74 Å². The van der Waals surface area contributed by atoms with Crippen LogP contribution in [0.15, 0.2) is 36.4 Å². The highest BCUT2D eigenvalue weighted by molar-refractivity contribution is 5.41. The molecule has 0 aliphatic heterocycles. The van der Waals surface area contributed by atoms with Gasteiger partial charge in [-0.3, -0.25) is 0 Å². The average molecular weight is 435 g/mol. The molecule has 0 radical (unpaired) electrons. The molecule has 32 heavy (non-hydrogen) atoms. The van der Waals surface area contributed by atoms with E-state index in [2.05, 4.69) is 64.1 Å². The zero-order valence-corrected chi connectivity index (χ0v) is 21.3. The van der Waals surface area contributed by atoms with Crippen LogP contribution in [-0.4, -0.2) is 6.61 Å². The summed E-state index contributed by atoms with van der Waals surface area (Å²) >= 11 is 0. The molecule has 0 aromatic heterocycles. The summed E-state index contributed by atoms with van der Waals surface area (Å²) in [4.78, 5) is 0. The zero-order chi connectivity index (χ0) is 22.8. The van der Waals surface area contributed by atoms with Crippen LogP contribution in [0.1, 0.15) is 112 Å². The third-order valence-electron chi connectivity index (χ3n) is 7.84. The molecule has 0 saturated heterocycles. The van der Waals surface area contributed by atoms with E-state index in [1.807, 2.05) is 0 Å². The van der Waals surface area contributed by atoms with Crippen molar-refractivity contribution < 1.29 is 4.74 Å². The van der Waals surface area contributed by atoms with E-state index >= 15 is 0 Å². The first kappa shape index (κ1) is 24.9. The summed E-state index contributed by atoms with van der Waals surface area (Å²) in [5.41, 5.74) is 7.79. The van der Waals surface area contributed by atoms with Crippen molar-refractivity contribution in [2.45, 2.75) is 117 Å².